The second-order valence-corrected chi connectivity index (χ2v) is 9.09. The van der Waals surface area contributed by atoms with E-state index in [4.69, 9.17) is 14.5 Å². The van der Waals surface area contributed by atoms with E-state index in [2.05, 4.69) is 11.2 Å². The lowest BCUT2D eigenvalue weighted by atomic mass is 10.1. The lowest BCUT2D eigenvalue weighted by molar-refractivity contribution is -0.385. The van der Waals surface area contributed by atoms with Gasteiger partial charge in [0.2, 0.25) is 11.6 Å². The summed E-state index contributed by atoms with van der Waals surface area (Å²) in [5.74, 6) is 0.800. The lowest BCUT2D eigenvalue weighted by Gasteiger charge is -2.06. The molecule has 5 rings (SSSR count). The van der Waals surface area contributed by atoms with Crippen molar-refractivity contribution in [3.8, 4) is 22.8 Å². The summed E-state index contributed by atoms with van der Waals surface area (Å²) in [6, 6.07) is 17.1. The van der Waals surface area contributed by atoms with Gasteiger partial charge in [0.25, 0.3) is 5.69 Å². The van der Waals surface area contributed by atoms with Gasteiger partial charge >= 0.3 is 0 Å². The smallest absolute Gasteiger partial charge is 0.282 e. The van der Waals surface area contributed by atoms with Crippen LogP contribution in [0.15, 0.2) is 70.1 Å². The summed E-state index contributed by atoms with van der Waals surface area (Å²) in [7, 11) is 0. The van der Waals surface area contributed by atoms with Crippen molar-refractivity contribution in [3.63, 3.8) is 0 Å². The van der Waals surface area contributed by atoms with Crippen LogP contribution in [0.1, 0.15) is 22.3 Å². The van der Waals surface area contributed by atoms with Crippen molar-refractivity contribution in [3.05, 3.63) is 97.1 Å². The monoisotopic (exact) mass is 486 g/mol. The Bertz CT molecular complexity index is 1530. The van der Waals surface area contributed by atoms with Crippen LogP contribution in [0, 0.1) is 30.9 Å². The predicted octanol–water partition coefficient (Wildman–Crippen LogP) is 5.89. The van der Waals surface area contributed by atoms with Crippen molar-refractivity contribution in [2.24, 2.45) is 10.1 Å². The zero-order valence-corrected chi connectivity index (χ0v) is 20.2. The molecule has 0 atom stereocenters. The number of aromatic nitrogens is 1. The molecule has 2 heterocycles. The van der Waals surface area contributed by atoms with Crippen LogP contribution in [0.4, 0.5) is 11.4 Å². The fourth-order valence-electron chi connectivity index (χ4n) is 3.77. The third kappa shape index (κ3) is 4.58. The van der Waals surface area contributed by atoms with Gasteiger partial charge in [-0.15, -0.1) is 11.3 Å². The molecule has 176 valence electrons. The Morgan fingerprint density at radius 1 is 1.00 bits per heavy atom. The number of fused-ring (bicyclic) bond motifs is 1. The Balaban J connectivity index is 1.66. The number of nitro benzene ring substituents is 1. The van der Waals surface area contributed by atoms with Gasteiger partial charge in [0.05, 0.1) is 34.1 Å². The van der Waals surface area contributed by atoms with Gasteiger partial charge in [-0.05, 0) is 38.5 Å². The van der Waals surface area contributed by atoms with E-state index in [1.54, 1.807) is 10.7 Å². The predicted molar refractivity (Wildman–Crippen MR) is 136 cm³/mol. The van der Waals surface area contributed by atoms with E-state index in [1.165, 1.54) is 23.6 Å². The molecule has 0 radical (unpaired) electrons. The fourth-order valence-corrected chi connectivity index (χ4v) is 4.62. The Morgan fingerprint density at radius 2 is 1.71 bits per heavy atom. The maximum Gasteiger partial charge on any atom is 0.282 e. The summed E-state index contributed by atoms with van der Waals surface area (Å²) in [5.41, 5.74) is 6.20. The highest BCUT2D eigenvalue weighted by molar-refractivity contribution is 7.07. The summed E-state index contributed by atoms with van der Waals surface area (Å²) in [6.07, 6.45) is 1.46. The van der Waals surface area contributed by atoms with Gasteiger partial charge in [-0.25, -0.2) is 9.67 Å². The minimum absolute atomic E-state index is 0.0306. The molecular weight excluding hydrogens is 464 g/mol. The van der Waals surface area contributed by atoms with Crippen molar-refractivity contribution >= 4 is 28.9 Å². The molecule has 1 aromatic heterocycles. The second kappa shape index (κ2) is 9.19. The highest BCUT2D eigenvalue weighted by Crippen LogP contribution is 2.37. The van der Waals surface area contributed by atoms with E-state index in [-0.39, 0.29) is 12.5 Å². The number of aryl methyl sites for hydroxylation is 3. The molecule has 8 nitrogen and oxygen atoms in total. The minimum atomic E-state index is -0.455. The van der Waals surface area contributed by atoms with Gasteiger partial charge in [-0.2, -0.15) is 5.10 Å². The highest BCUT2D eigenvalue weighted by Gasteiger charge is 2.22. The Kier molecular flexibility index (Phi) is 5.92. The fraction of sp³-hybridized carbons (Fsp3) is 0.154. The van der Waals surface area contributed by atoms with Crippen LogP contribution in [0.2, 0.25) is 0 Å². The largest absolute Gasteiger partial charge is 0.454 e. The average molecular weight is 487 g/mol. The average Bonchev–Trinajstić information content (AvgIpc) is 3.45. The number of thiazole rings is 1. The quantitative estimate of drug-likeness (QED) is 0.200. The van der Waals surface area contributed by atoms with E-state index >= 15 is 0 Å². The van der Waals surface area contributed by atoms with Crippen LogP contribution in [0.3, 0.4) is 0 Å². The summed E-state index contributed by atoms with van der Waals surface area (Å²) >= 11 is 1.45. The van der Waals surface area contributed by atoms with E-state index in [9.17, 15) is 10.1 Å². The number of ether oxygens (including phenoxy) is 2. The second-order valence-electron chi connectivity index (χ2n) is 8.25. The third-order valence-corrected chi connectivity index (χ3v) is 6.45. The number of hydrogen-bond donors (Lipinski definition) is 0. The summed E-state index contributed by atoms with van der Waals surface area (Å²) in [5, 5.41) is 18.3. The molecule has 0 amide bonds. The zero-order valence-electron chi connectivity index (χ0n) is 19.4. The molecule has 0 N–H and O–H groups in total. The van der Waals surface area contributed by atoms with Crippen LogP contribution in [0.25, 0.3) is 11.3 Å². The van der Waals surface area contributed by atoms with Crippen molar-refractivity contribution in [1.82, 2.24) is 4.68 Å². The molecule has 1 aliphatic heterocycles. The third-order valence-electron chi connectivity index (χ3n) is 5.63. The van der Waals surface area contributed by atoms with Crippen molar-refractivity contribution in [2.75, 3.05) is 6.79 Å². The highest BCUT2D eigenvalue weighted by atomic mass is 32.1. The molecule has 0 unspecified atom stereocenters. The Morgan fingerprint density at radius 3 is 2.43 bits per heavy atom. The molecule has 0 saturated carbocycles. The number of nitro groups is 1. The van der Waals surface area contributed by atoms with E-state index in [0.717, 1.165) is 33.6 Å². The number of nitrogens with zero attached hydrogens (tertiary/aromatic N) is 4. The lowest BCUT2D eigenvalue weighted by Crippen LogP contribution is -2.12. The first-order valence-electron chi connectivity index (χ1n) is 10.9. The van der Waals surface area contributed by atoms with Gasteiger partial charge in [0.15, 0.2) is 11.5 Å². The van der Waals surface area contributed by atoms with Crippen LogP contribution < -0.4 is 14.3 Å². The summed E-state index contributed by atoms with van der Waals surface area (Å²) < 4.78 is 12.4. The van der Waals surface area contributed by atoms with Crippen LogP contribution in [-0.4, -0.2) is 22.6 Å². The number of rotatable bonds is 5. The molecule has 9 heteroatoms. The molecular formula is C26H22N4O4S. The van der Waals surface area contributed by atoms with Crippen molar-refractivity contribution < 1.29 is 14.4 Å². The van der Waals surface area contributed by atoms with Gasteiger partial charge < -0.3 is 9.47 Å². The van der Waals surface area contributed by atoms with Crippen LogP contribution >= 0.6 is 11.3 Å². The normalized spacial score (nSPS) is 13.1. The minimum Gasteiger partial charge on any atom is -0.454 e. The van der Waals surface area contributed by atoms with Gasteiger partial charge in [-0.3, -0.25) is 10.1 Å². The van der Waals surface area contributed by atoms with E-state index < -0.39 is 4.92 Å². The summed E-state index contributed by atoms with van der Waals surface area (Å²) in [4.78, 5) is 16.8. The van der Waals surface area contributed by atoms with E-state index in [1.807, 2.05) is 62.5 Å². The first-order valence-corrected chi connectivity index (χ1v) is 11.8. The van der Waals surface area contributed by atoms with Crippen LogP contribution in [-0.2, 0) is 0 Å². The number of benzene rings is 3. The molecule has 0 saturated heterocycles. The Hall–Kier alpha value is -4.24. The maximum absolute atomic E-state index is 11.7. The van der Waals surface area contributed by atoms with E-state index in [0.29, 0.717) is 21.9 Å². The molecule has 4 aromatic rings. The molecule has 1 aliphatic rings. The van der Waals surface area contributed by atoms with Crippen molar-refractivity contribution in [1.29, 1.82) is 0 Å². The standard InChI is InChI=1S/C26H22N4O4S/c1-16-4-7-19(8-5-16)23-14-35-26(28-21-9-6-17(2)10-18(21)3)29(23)27-13-20-11-24-25(34-15-33-24)12-22(20)30(31)32/h4-14H,15H2,1-3H3. The number of hydrogen-bond acceptors (Lipinski definition) is 7. The molecule has 3 aromatic carbocycles. The molecule has 0 bridgehead atoms. The SMILES string of the molecule is Cc1ccc(-c2csc(=Nc3ccc(C)cc3C)n2N=Cc2cc3c(cc2[N+](=O)[O-])OCO3)cc1. The molecule has 0 aliphatic carbocycles. The zero-order chi connectivity index (χ0) is 24.5. The first-order chi connectivity index (χ1) is 16.9. The maximum atomic E-state index is 11.7. The Labute approximate surface area is 205 Å². The topological polar surface area (TPSA) is 91.2 Å². The first kappa shape index (κ1) is 22.5. The summed E-state index contributed by atoms with van der Waals surface area (Å²) in [6.45, 7) is 6.12. The van der Waals surface area contributed by atoms with Gasteiger partial charge in [0, 0.05) is 10.9 Å². The van der Waals surface area contributed by atoms with Gasteiger partial charge in [0.1, 0.15) is 0 Å². The molecule has 0 fully saturated rings. The van der Waals surface area contributed by atoms with Crippen LogP contribution in [0.5, 0.6) is 11.5 Å². The van der Waals surface area contributed by atoms with Gasteiger partial charge in [-0.1, -0.05) is 47.5 Å². The van der Waals surface area contributed by atoms with Crippen molar-refractivity contribution in [2.45, 2.75) is 20.8 Å². The molecule has 0 spiro atoms. The molecule has 35 heavy (non-hydrogen) atoms.